The van der Waals surface area contributed by atoms with Gasteiger partial charge < -0.3 is 0 Å². The van der Waals surface area contributed by atoms with Crippen LogP contribution in [0.15, 0.2) is 66.7 Å². The van der Waals surface area contributed by atoms with Crippen molar-refractivity contribution in [2.45, 2.75) is 169 Å². The van der Waals surface area contributed by atoms with Gasteiger partial charge in [-0.3, -0.25) is 9.13 Å². The fourth-order valence-electron chi connectivity index (χ4n) is 11.8. The minimum atomic E-state index is -1.66. The first-order chi connectivity index (χ1) is 27.1. The number of nitrogens with zero attached hydrogens (tertiary/aromatic N) is 2. The van der Waals surface area contributed by atoms with Gasteiger partial charge in [0.2, 0.25) is 0 Å². The average molecular weight is 854 g/mol. The quantitative estimate of drug-likeness (QED) is 0.119. The van der Waals surface area contributed by atoms with Gasteiger partial charge in [0.15, 0.2) is 0 Å². The first-order valence-electron chi connectivity index (χ1n) is 22.2. The van der Waals surface area contributed by atoms with Crippen molar-refractivity contribution in [2.75, 3.05) is 0 Å². The third kappa shape index (κ3) is 8.00. The van der Waals surface area contributed by atoms with E-state index in [1.165, 1.54) is 169 Å². The Labute approximate surface area is 349 Å². The maximum absolute atomic E-state index is 2.92. The Bertz CT molecular complexity index is 2100. The van der Waals surface area contributed by atoms with Crippen molar-refractivity contribution < 1.29 is 17.9 Å². The van der Waals surface area contributed by atoms with Crippen molar-refractivity contribution in [1.82, 2.24) is 9.13 Å². The fraction of sp³-hybridized carbons (Fsp3) is 0.500. The van der Waals surface area contributed by atoms with Crippen LogP contribution >= 0.6 is 6.89 Å². The summed E-state index contributed by atoms with van der Waals surface area (Å²) in [5.41, 5.74) is 18.3. The number of imidazole rings is 1. The number of hydrogen-bond acceptors (Lipinski definition) is 0. The van der Waals surface area contributed by atoms with Gasteiger partial charge in [0.05, 0.1) is 11.4 Å². The van der Waals surface area contributed by atoms with E-state index in [-0.39, 0.29) is 0 Å². The number of rotatable bonds is 6. The van der Waals surface area contributed by atoms with Crippen LogP contribution in [-0.2, 0) is 17.9 Å². The minimum absolute atomic E-state index is 0.873. The monoisotopic (exact) mass is 854 g/mol. The molecule has 0 unspecified atom stereocenters. The molecule has 56 heavy (non-hydrogen) atoms. The molecule has 5 aromatic rings. The molecule has 4 aromatic carbocycles. The van der Waals surface area contributed by atoms with Gasteiger partial charge in [-0.25, -0.2) is 0 Å². The standard InChI is InChI=1S/C41H61N2P.C11H8.Ru/c1-28-24-30(3)39(31(4)25-28)42-34(7)35(8)43(40-32(5)26-29(2)27-33(40)6)41(42)44(36-18-12-9-13-19-36,37-20-14-10-15-21-37)38-22-16-11-17-23-38;1-9-6-7-10-4-2-3-5-11(10)8-9;/h24-27,36-38H,9-23H2,1-8H3;1-8H;. The molecule has 0 radical (unpaired) electrons. The van der Waals surface area contributed by atoms with Crippen LogP contribution in [0.5, 0.6) is 0 Å². The molecule has 300 valence electrons. The van der Waals surface area contributed by atoms with Crippen molar-refractivity contribution >= 4 is 22.3 Å². The first kappa shape index (κ1) is 41.4. The number of aromatic nitrogens is 2. The zero-order valence-corrected chi connectivity index (χ0v) is 38.6. The second-order valence-electron chi connectivity index (χ2n) is 18.1. The Morgan fingerprint density at radius 3 is 1.23 bits per heavy atom. The van der Waals surface area contributed by atoms with Gasteiger partial charge in [0.25, 0.3) is 0 Å². The van der Waals surface area contributed by atoms with Crippen LogP contribution in [-0.4, -0.2) is 30.7 Å². The second-order valence-corrected chi connectivity index (χ2v) is 22.8. The third-order valence-corrected chi connectivity index (χ3v) is 20.9. The van der Waals surface area contributed by atoms with Crippen LogP contribution in [0.25, 0.3) is 22.1 Å². The van der Waals surface area contributed by atoms with E-state index >= 15 is 0 Å². The van der Waals surface area contributed by atoms with E-state index in [2.05, 4.69) is 149 Å². The van der Waals surface area contributed by atoms with Crippen LogP contribution in [0.3, 0.4) is 0 Å². The molecule has 0 amide bonds. The van der Waals surface area contributed by atoms with Gasteiger partial charge in [-0.1, -0.05) is 100 Å². The Kier molecular flexibility index (Phi) is 13.3. The van der Waals surface area contributed by atoms with Gasteiger partial charge in [-0.15, -0.1) is 0 Å². The van der Waals surface area contributed by atoms with Crippen molar-refractivity contribution in [1.29, 1.82) is 0 Å². The summed E-state index contributed by atoms with van der Waals surface area (Å²) in [5.74, 6) is 0. The molecule has 0 N–H and O–H groups in total. The van der Waals surface area contributed by atoms with Crippen molar-refractivity contribution in [2.24, 2.45) is 0 Å². The fourth-order valence-corrected chi connectivity index (χ4v) is 19.8. The van der Waals surface area contributed by atoms with Crippen LogP contribution in [0.1, 0.15) is 147 Å². The van der Waals surface area contributed by atoms with Crippen molar-refractivity contribution in [3.63, 3.8) is 0 Å². The molecule has 1 heterocycles. The van der Waals surface area contributed by atoms with Crippen molar-refractivity contribution in [3.8, 4) is 11.4 Å². The molecule has 4 heteroatoms. The molecule has 2 nitrogen and oxygen atoms in total. The van der Waals surface area contributed by atoms with E-state index in [9.17, 15) is 0 Å². The van der Waals surface area contributed by atoms with Gasteiger partial charge in [0, 0.05) is 11.4 Å². The predicted octanol–water partition coefficient (Wildman–Crippen LogP) is 14.8. The van der Waals surface area contributed by atoms with Crippen LogP contribution in [0.2, 0.25) is 0 Å². The predicted molar refractivity (Wildman–Crippen MR) is 243 cm³/mol. The summed E-state index contributed by atoms with van der Waals surface area (Å²) in [6.45, 7) is 17.4. The summed E-state index contributed by atoms with van der Waals surface area (Å²) in [6.07, 6.45) is 21.7. The van der Waals surface area contributed by atoms with Crippen LogP contribution < -0.4 is 0 Å². The van der Waals surface area contributed by atoms with Gasteiger partial charge in [0.1, 0.15) is 5.20 Å². The summed E-state index contributed by atoms with van der Waals surface area (Å²) in [4.78, 5) is 0. The average Bonchev–Trinajstić information content (AvgIpc) is 3.44. The second kappa shape index (κ2) is 18.0. The van der Waals surface area contributed by atoms with Gasteiger partial charge in [-0.05, 0) is 133 Å². The molecule has 0 atom stereocenters. The summed E-state index contributed by atoms with van der Waals surface area (Å²) < 4.78 is 7.89. The Morgan fingerprint density at radius 1 is 0.482 bits per heavy atom. The van der Waals surface area contributed by atoms with Crippen molar-refractivity contribution in [3.05, 3.63) is 122 Å². The van der Waals surface area contributed by atoms with Crippen LogP contribution in [0, 0.1) is 60.6 Å². The molecule has 0 saturated heterocycles. The number of fused-ring (bicyclic) bond motifs is 1. The van der Waals surface area contributed by atoms with E-state index in [0.29, 0.717) is 0 Å². The molecular formula is C52H69N2PRu. The summed E-state index contributed by atoms with van der Waals surface area (Å²) in [5, 5.41) is 4.38. The number of hydrogen-bond donors (Lipinski definition) is 0. The summed E-state index contributed by atoms with van der Waals surface area (Å²) in [7, 11) is 0. The molecule has 0 aliphatic heterocycles. The zero-order valence-electron chi connectivity index (χ0n) is 36.0. The Hall–Kier alpha value is -2.73. The molecule has 0 spiro atoms. The third-order valence-electron chi connectivity index (χ3n) is 14.1. The van der Waals surface area contributed by atoms with E-state index in [4.69, 9.17) is 0 Å². The number of aryl methyl sites for hydroxylation is 6. The summed E-state index contributed by atoms with van der Waals surface area (Å²) in [6, 6.07) is 24.7. The van der Waals surface area contributed by atoms with Crippen LogP contribution in [0.4, 0.5) is 0 Å². The number of benzene rings is 4. The molecule has 8 rings (SSSR count). The molecule has 1 aromatic heterocycles. The molecule has 3 fully saturated rings. The molecule has 3 aliphatic rings. The Balaban J connectivity index is 0.000000339. The molecule has 3 aliphatic carbocycles. The maximum atomic E-state index is 2.92. The summed E-state index contributed by atoms with van der Waals surface area (Å²) >= 11 is 2.53. The molecular weight excluding hydrogens is 785 g/mol. The zero-order chi connectivity index (χ0) is 39.6. The van der Waals surface area contributed by atoms with E-state index < -0.39 is 6.89 Å². The Morgan fingerprint density at radius 2 is 0.857 bits per heavy atom. The molecule has 0 bridgehead atoms. The van der Waals surface area contributed by atoms with E-state index in [1.807, 2.05) is 4.61 Å². The topological polar surface area (TPSA) is 9.86 Å². The first-order valence-corrected chi connectivity index (χ1v) is 25.2. The van der Waals surface area contributed by atoms with E-state index in [0.717, 1.165) is 17.0 Å². The SMILES string of the molecule is Cc1cc(C)c(-n2c(C)c(C)n(-c3c(C)cc(C)cc3C)c2=P(C2CCCCC2)(C2CCCCC2)C2CCCCC2)c(C)c1.[Ru]=[CH]c1ccc2ccccc2c1. The van der Waals surface area contributed by atoms with Gasteiger partial charge in [-0.2, -0.15) is 0 Å². The van der Waals surface area contributed by atoms with E-state index in [1.54, 1.807) is 5.20 Å². The normalized spacial score (nSPS) is 17.5. The van der Waals surface area contributed by atoms with Gasteiger partial charge >= 0.3 is 81.3 Å². The molecule has 3 saturated carbocycles.